The third-order valence-corrected chi connectivity index (χ3v) is 7.22. The summed E-state index contributed by atoms with van der Waals surface area (Å²) in [6.07, 6.45) is 3.90. The van der Waals surface area contributed by atoms with Crippen LogP contribution in [0.5, 0.6) is 5.75 Å². The van der Waals surface area contributed by atoms with Crippen molar-refractivity contribution in [3.05, 3.63) is 83.7 Å². The molecule has 2 aromatic carbocycles. The molecule has 3 heteroatoms. The van der Waals surface area contributed by atoms with Gasteiger partial charge in [0.2, 0.25) is 0 Å². The number of ether oxygens (including phenoxy) is 1. The Labute approximate surface area is 138 Å². The molecule has 0 bridgehead atoms. The van der Waals surface area contributed by atoms with Gasteiger partial charge in [0.25, 0.3) is 0 Å². The number of hydrogen-bond acceptors (Lipinski definition) is 2. The van der Waals surface area contributed by atoms with E-state index in [1.807, 2.05) is 24.3 Å². The Hall–Kier alpha value is -1.84. The Morgan fingerprint density at radius 3 is 2.36 bits per heavy atom. The van der Waals surface area contributed by atoms with Crippen LogP contribution < -0.4 is 4.74 Å². The lowest BCUT2D eigenvalue weighted by atomic mass is 10.3. The van der Waals surface area contributed by atoms with E-state index in [1.54, 1.807) is 18.9 Å². The molecule has 0 aliphatic carbocycles. The normalized spacial score (nSPS) is 16.9. The topological polar surface area (TPSA) is 9.23 Å². The molecule has 110 valence electrons. The van der Waals surface area contributed by atoms with Crippen molar-refractivity contribution in [3.63, 3.8) is 0 Å². The minimum absolute atomic E-state index is 0.147. The summed E-state index contributed by atoms with van der Waals surface area (Å²) in [5.41, 5.74) is 0. The van der Waals surface area contributed by atoms with Crippen LogP contribution in [0.15, 0.2) is 98.3 Å². The number of rotatable bonds is 4. The Balaban J connectivity index is 2.18. The van der Waals surface area contributed by atoms with Gasteiger partial charge in [-0.15, -0.1) is 0 Å². The standard InChI is InChI=1S/C19H17OS2/c1-4-16-18(5-2)22(15-12-10-14(20-3)11-13-15)19-9-7-6-8-17(19)21-16/h4-13H,1-2H2,3H3/q+1. The molecule has 1 unspecified atom stereocenters. The van der Waals surface area contributed by atoms with Crippen molar-refractivity contribution in [3.8, 4) is 5.75 Å². The zero-order chi connectivity index (χ0) is 15.5. The maximum atomic E-state index is 5.27. The van der Waals surface area contributed by atoms with Gasteiger partial charge in [0, 0.05) is 0 Å². The summed E-state index contributed by atoms with van der Waals surface area (Å²) in [6, 6.07) is 16.9. The number of benzene rings is 2. The first-order valence-corrected chi connectivity index (χ1v) is 8.97. The average molecular weight is 325 g/mol. The van der Waals surface area contributed by atoms with E-state index in [-0.39, 0.29) is 10.9 Å². The summed E-state index contributed by atoms with van der Waals surface area (Å²) in [7, 11) is 1.54. The molecule has 0 saturated heterocycles. The zero-order valence-electron chi connectivity index (χ0n) is 12.4. The highest BCUT2D eigenvalue weighted by Crippen LogP contribution is 2.47. The SMILES string of the molecule is C=CC1=C(C=C)[S+](c2ccc(OC)cc2)c2ccccc2S1. The smallest absolute Gasteiger partial charge is 0.180 e. The Bertz CT molecular complexity index is 744. The minimum Gasteiger partial charge on any atom is -0.497 e. The molecule has 1 heterocycles. The second-order valence-electron chi connectivity index (χ2n) is 4.67. The van der Waals surface area contributed by atoms with E-state index in [4.69, 9.17) is 4.74 Å². The number of fused-ring (bicyclic) bond motifs is 1. The predicted molar refractivity (Wildman–Crippen MR) is 96.6 cm³/mol. The summed E-state index contributed by atoms with van der Waals surface area (Å²) >= 11 is 1.77. The van der Waals surface area contributed by atoms with E-state index >= 15 is 0 Å². The van der Waals surface area contributed by atoms with Crippen LogP contribution >= 0.6 is 11.8 Å². The van der Waals surface area contributed by atoms with Crippen LogP contribution in [0.1, 0.15) is 0 Å². The maximum absolute atomic E-state index is 5.27. The highest BCUT2D eigenvalue weighted by atomic mass is 32.2. The Kier molecular flexibility index (Phi) is 4.46. The lowest BCUT2D eigenvalue weighted by Crippen LogP contribution is -2.11. The average Bonchev–Trinajstić information content (AvgIpc) is 2.60. The minimum atomic E-state index is -0.147. The van der Waals surface area contributed by atoms with Gasteiger partial charge in [-0.05, 0) is 42.5 Å². The van der Waals surface area contributed by atoms with Gasteiger partial charge in [-0.1, -0.05) is 43.1 Å². The van der Waals surface area contributed by atoms with E-state index < -0.39 is 0 Å². The first kappa shape index (κ1) is 15.1. The Morgan fingerprint density at radius 2 is 1.73 bits per heavy atom. The third-order valence-electron chi connectivity index (χ3n) is 3.42. The first-order valence-electron chi connectivity index (χ1n) is 6.93. The number of thioether (sulfide) groups is 1. The van der Waals surface area contributed by atoms with E-state index in [0.717, 1.165) is 5.75 Å². The molecule has 1 atom stereocenters. The largest absolute Gasteiger partial charge is 0.497 e. The van der Waals surface area contributed by atoms with Gasteiger partial charge in [-0.3, -0.25) is 0 Å². The molecule has 0 spiro atoms. The molecule has 0 saturated carbocycles. The molecule has 2 aromatic rings. The van der Waals surface area contributed by atoms with Crippen LogP contribution in [0, 0.1) is 0 Å². The first-order chi connectivity index (χ1) is 10.8. The fourth-order valence-electron chi connectivity index (χ4n) is 2.38. The van der Waals surface area contributed by atoms with Crippen molar-refractivity contribution in [2.75, 3.05) is 7.11 Å². The molecular weight excluding hydrogens is 308 g/mol. The lowest BCUT2D eigenvalue weighted by Gasteiger charge is -2.19. The summed E-state index contributed by atoms with van der Waals surface area (Å²) in [6.45, 7) is 8.00. The second kappa shape index (κ2) is 6.51. The van der Waals surface area contributed by atoms with Crippen molar-refractivity contribution in [1.82, 2.24) is 0 Å². The molecule has 1 aliphatic heterocycles. The monoisotopic (exact) mass is 325 g/mol. The zero-order valence-corrected chi connectivity index (χ0v) is 14.0. The molecule has 0 aromatic heterocycles. The van der Waals surface area contributed by atoms with Crippen LogP contribution in [0.3, 0.4) is 0 Å². The van der Waals surface area contributed by atoms with Gasteiger partial charge in [-0.25, -0.2) is 0 Å². The summed E-state index contributed by atoms with van der Waals surface area (Å²) in [4.78, 5) is 6.33. The van der Waals surface area contributed by atoms with E-state index in [2.05, 4.69) is 49.6 Å². The number of hydrogen-bond donors (Lipinski definition) is 0. The fraction of sp³-hybridized carbons (Fsp3) is 0.0526. The van der Waals surface area contributed by atoms with Gasteiger partial charge in [0.15, 0.2) is 14.7 Å². The summed E-state index contributed by atoms with van der Waals surface area (Å²) in [5.74, 6) is 0.875. The van der Waals surface area contributed by atoms with Crippen molar-refractivity contribution >= 4 is 22.7 Å². The molecule has 1 nitrogen and oxygen atoms in total. The third kappa shape index (κ3) is 2.62. The van der Waals surface area contributed by atoms with Crippen LogP contribution in [0.4, 0.5) is 0 Å². The highest BCUT2D eigenvalue weighted by molar-refractivity contribution is 8.08. The fourth-order valence-corrected chi connectivity index (χ4v) is 6.04. The summed E-state index contributed by atoms with van der Waals surface area (Å²) < 4.78 is 5.27. The van der Waals surface area contributed by atoms with E-state index in [0.29, 0.717) is 0 Å². The quantitative estimate of drug-likeness (QED) is 0.694. The number of methoxy groups -OCH3 is 1. The van der Waals surface area contributed by atoms with Crippen molar-refractivity contribution < 1.29 is 4.74 Å². The maximum Gasteiger partial charge on any atom is 0.180 e. The molecule has 3 rings (SSSR count). The molecule has 0 N–H and O–H groups in total. The van der Waals surface area contributed by atoms with Gasteiger partial charge >= 0.3 is 0 Å². The van der Waals surface area contributed by atoms with Crippen LogP contribution in [-0.2, 0) is 10.9 Å². The highest BCUT2D eigenvalue weighted by Gasteiger charge is 2.37. The van der Waals surface area contributed by atoms with Crippen molar-refractivity contribution in [2.45, 2.75) is 14.7 Å². The van der Waals surface area contributed by atoms with Gasteiger partial charge in [0.1, 0.15) is 16.6 Å². The summed E-state index contributed by atoms with van der Waals surface area (Å²) in [5, 5.41) is 0. The van der Waals surface area contributed by atoms with Gasteiger partial charge < -0.3 is 4.74 Å². The Morgan fingerprint density at radius 1 is 1.00 bits per heavy atom. The van der Waals surface area contributed by atoms with Gasteiger partial charge in [-0.2, -0.15) is 0 Å². The molecule has 0 fully saturated rings. The van der Waals surface area contributed by atoms with Gasteiger partial charge in [0.05, 0.1) is 16.9 Å². The van der Waals surface area contributed by atoms with Crippen LogP contribution in [0.25, 0.3) is 0 Å². The van der Waals surface area contributed by atoms with E-state index in [1.165, 1.54) is 24.5 Å². The molecule has 1 aliphatic rings. The molecular formula is C19H17OS2+. The second-order valence-corrected chi connectivity index (χ2v) is 7.71. The van der Waals surface area contributed by atoms with Crippen LogP contribution in [0.2, 0.25) is 0 Å². The molecule has 22 heavy (non-hydrogen) atoms. The number of allylic oxidation sites excluding steroid dienone is 2. The lowest BCUT2D eigenvalue weighted by molar-refractivity contribution is 0.414. The predicted octanol–water partition coefficient (Wildman–Crippen LogP) is 5.42. The van der Waals surface area contributed by atoms with E-state index in [9.17, 15) is 0 Å². The van der Waals surface area contributed by atoms with Crippen molar-refractivity contribution in [1.29, 1.82) is 0 Å². The molecule has 0 radical (unpaired) electrons. The van der Waals surface area contributed by atoms with Crippen molar-refractivity contribution in [2.24, 2.45) is 0 Å². The van der Waals surface area contributed by atoms with Crippen LogP contribution in [-0.4, -0.2) is 7.11 Å². The molecule has 0 amide bonds.